The smallest absolute Gasteiger partial charge is 0.204 e. The largest absolute Gasteiger partial charge is 0.487 e. The normalized spacial score (nSPS) is 14.4. The summed E-state index contributed by atoms with van der Waals surface area (Å²) in [5.74, 6) is 1.29. The molecule has 0 spiro atoms. The molecule has 1 aliphatic rings. The Morgan fingerprint density at radius 1 is 0.656 bits per heavy atom. The van der Waals surface area contributed by atoms with Gasteiger partial charge in [-0.1, -0.05) is 94.7 Å². The molecule has 1 aliphatic heterocycles. The lowest BCUT2D eigenvalue weighted by Crippen LogP contribution is -2.43. The predicted octanol–water partition coefficient (Wildman–Crippen LogP) is 10.1. The van der Waals surface area contributed by atoms with E-state index in [1.54, 1.807) is 46.4 Å². The number of rotatable bonds is 15. The van der Waals surface area contributed by atoms with Crippen LogP contribution in [0.1, 0.15) is 24.2 Å². The number of aromatic nitrogens is 5. The average Bonchev–Trinajstić information content (AvgIpc) is 4.15. The Balaban J connectivity index is 0.955. The third-order valence-corrected chi connectivity index (χ3v) is 12.8. The number of aromatic amines is 1. The summed E-state index contributed by atoms with van der Waals surface area (Å²) in [5, 5.41) is 20.5. The number of hydrazone groups is 3. The molecule has 0 fully saturated rings. The van der Waals surface area contributed by atoms with Gasteiger partial charge in [0, 0.05) is 31.4 Å². The second-order valence-electron chi connectivity index (χ2n) is 13.9. The molecular weight excluding hydrogens is 823 g/mol. The van der Waals surface area contributed by atoms with Gasteiger partial charge in [-0.25, -0.2) is 19.9 Å². The van der Waals surface area contributed by atoms with Crippen molar-refractivity contribution in [3.63, 3.8) is 0 Å². The number of anilines is 5. The molecule has 17 heteroatoms. The van der Waals surface area contributed by atoms with Crippen LogP contribution < -0.4 is 31.2 Å². The fourth-order valence-electron chi connectivity index (χ4n) is 7.00. The van der Waals surface area contributed by atoms with E-state index < -0.39 is 0 Å². The van der Waals surface area contributed by atoms with Gasteiger partial charge in [-0.05, 0) is 67.1 Å². The summed E-state index contributed by atoms with van der Waals surface area (Å²) in [6.07, 6.45) is 4.18. The first-order valence-electron chi connectivity index (χ1n) is 19.5. The number of nitrogens with zero attached hydrogens (tertiary/aromatic N) is 8. The van der Waals surface area contributed by atoms with Gasteiger partial charge in [0.2, 0.25) is 15.4 Å². The molecule has 14 nitrogen and oxygen atoms in total. The molecule has 1 unspecified atom stereocenters. The van der Waals surface area contributed by atoms with E-state index in [-0.39, 0.29) is 12.8 Å². The van der Waals surface area contributed by atoms with Crippen LogP contribution in [0.4, 0.5) is 26.8 Å². The Hall–Kier alpha value is -7.21. The fourth-order valence-corrected chi connectivity index (χ4v) is 9.42. The van der Waals surface area contributed by atoms with Crippen LogP contribution in [0.5, 0.6) is 5.75 Å². The van der Waals surface area contributed by atoms with Crippen LogP contribution in [0, 0.1) is 0 Å². The summed E-state index contributed by atoms with van der Waals surface area (Å²) in [6.45, 7) is 0.161. The molecule has 10 rings (SSSR count). The zero-order valence-electron chi connectivity index (χ0n) is 32.6. The van der Waals surface area contributed by atoms with Crippen molar-refractivity contribution in [2.75, 3.05) is 40.1 Å². The van der Waals surface area contributed by atoms with Crippen molar-refractivity contribution in [1.82, 2.24) is 24.9 Å². The van der Waals surface area contributed by atoms with Crippen LogP contribution in [-0.4, -0.2) is 61.9 Å². The number of benzene rings is 5. The first-order chi connectivity index (χ1) is 30.1. The summed E-state index contributed by atoms with van der Waals surface area (Å²) >= 11 is 4.64. The van der Waals surface area contributed by atoms with Gasteiger partial charge in [-0.15, -0.1) is 0 Å². The predicted molar refractivity (Wildman–Crippen MR) is 252 cm³/mol. The zero-order chi connectivity index (χ0) is 41.0. The van der Waals surface area contributed by atoms with Crippen molar-refractivity contribution in [2.24, 2.45) is 15.3 Å². The average molecular weight is 860 g/mol. The van der Waals surface area contributed by atoms with Crippen molar-refractivity contribution in [2.45, 2.75) is 19.0 Å². The highest BCUT2D eigenvalue weighted by Gasteiger charge is 2.30. The van der Waals surface area contributed by atoms with E-state index in [2.05, 4.69) is 60.7 Å². The Bertz CT molecular complexity index is 2960. The number of fused-ring (bicyclic) bond motifs is 4. The minimum atomic E-state index is -0.282. The van der Waals surface area contributed by atoms with Crippen LogP contribution in [0.25, 0.3) is 30.6 Å². The highest BCUT2D eigenvalue weighted by molar-refractivity contribution is 7.22. The topological polar surface area (TPSA) is 165 Å². The maximum atomic E-state index is 6.76. The van der Waals surface area contributed by atoms with E-state index in [9.17, 15) is 0 Å². The number of nitrogens with one attached hydrogen (secondary N) is 5. The Morgan fingerprint density at radius 3 is 1.80 bits per heavy atom. The van der Waals surface area contributed by atoms with E-state index in [0.717, 1.165) is 59.0 Å². The van der Waals surface area contributed by atoms with Crippen LogP contribution in [-0.2, 0) is 0 Å². The molecule has 0 saturated carbocycles. The highest BCUT2D eigenvalue weighted by Crippen LogP contribution is 2.34. The summed E-state index contributed by atoms with van der Waals surface area (Å²) in [4.78, 5) is 24.2. The maximum Gasteiger partial charge on any atom is 0.204 e. The minimum absolute atomic E-state index is 0.161. The number of imidazole rings is 1. The van der Waals surface area contributed by atoms with Crippen molar-refractivity contribution in [3.8, 4) is 5.75 Å². The summed E-state index contributed by atoms with van der Waals surface area (Å²) in [6, 6.07) is 40.2. The first kappa shape index (κ1) is 38.0. The first-order valence-corrected chi connectivity index (χ1v) is 21.9. The van der Waals surface area contributed by atoms with E-state index in [1.165, 1.54) is 0 Å². The summed E-state index contributed by atoms with van der Waals surface area (Å²) < 4.78 is 9.98. The molecule has 0 aliphatic carbocycles. The van der Waals surface area contributed by atoms with Gasteiger partial charge in [0.05, 0.1) is 47.7 Å². The SMILES string of the molecule is CN1c2ccccc2NC1/C(COc1ccccc1/C(CC/C(=N\Nc1nc2ccccc2s1)c1ncc[nH]1)=N/Nc1nc2ccccc2s1)=N/Nc1nc2ccccc2s1. The van der Waals surface area contributed by atoms with Gasteiger partial charge in [-0.3, -0.25) is 16.3 Å². The van der Waals surface area contributed by atoms with Gasteiger partial charge in [0.1, 0.15) is 29.9 Å². The highest BCUT2D eigenvalue weighted by atomic mass is 32.1. The van der Waals surface area contributed by atoms with Gasteiger partial charge >= 0.3 is 0 Å². The number of hydrogen-bond donors (Lipinski definition) is 5. The standard InChI is InChI=1S/C44H37N13OS3/c1-57-35-17-7-3-13-29(35)47-41(57)34(53-56-44-50-32-16-6-11-21-39(32)61-44)26-58-36-18-8-2-12-27(36)28(51-54-42-48-30-14-4-9-19-37(30)59-42)22-23-33(40-45-24-25-46-40)52-55-43-49-31-15-5-10-20-38(31)60-43/h2-21,24-25,41,47H,22-23,26H2,1H3,(H,45,46)(H,48,54)(H,49,55)(H,50,56)/b51-28+,52-33+,53-34+. The lowest BCUT2D eigenvalue weighted by atomic mass is 10.0. The molecule has 5 N–H and O–H groups in total. The van der Waals surface area contributed by atoms with Gasteiger partial charge in [0.15, 0.2) is 5.82 Å². The molecular formula is C44H37N13OS3. The molecule has 0 saturated heterocycles. The van der Waals surface area contributed by atoms with E-state index in [4.69, 9.17) is 35.0 Å². The minimum Gasteiger partial charge on any atom is -0.487 e. The fraction of sp³-hybridized carbons (Fsp3) is 0.114. The number of thiazole rings is 3. The molecule has 5 aromatic carbocycles. The van der Waals surface area contributed by atoms with Crippen molar-refractivity contribution in [1.29, 1.82) is 0 Å². The van der Waals surface area contributed by atoms with Gasteiger partial charge in [-0.2, -0.15) is 15.3 Å². The molecule has 0 amide bonds. The third-order valence-electron chi connectivity index (χ3n) is 9.97. The molecule has 0 radical (unpaired) electrons. The third kappa shape index (κ3) is 8.34. The molecule has 302 valence electrons. The Kier molecular flexibility index (Phi) is 10.7. The van der Waals surface area contributed by atoms with Crippen LogP contribution in [0.3, 0.4) is 0 Å². The van der Waals surface area contributed by atoms with Crippen LogP contribution in [0.2, 0.25) is 0 Å². The quantitative estimate of drug-likeness (QED) is 0.0495. The van der Waals surface area contributed by atoms with Crippen LogP contribution in [0.15, 0.2) is 149 Å². The van der Waals surface area contributed by atoms with Crippen molar-refractivity contribution < 1.29 is 4.74 Å². The summed E-state index contributed by atoms with van der Waals surface area (Å²) in [5.41, 5.74) is 17.5. The second kappa shape index (κ2) is 17.2. The molecule has 4 aromatic heterocycles. The van der Waals surface area contributed by atoms with Gasteiger partial charge in [0.25, 0.3) is 0 Å². The molecule has 61 heavy (non-hydrogen) atoms. The zero-order valence-corrected chi connectivity index (χ0v) is 35.1. The maximum absolute atomic E-state index is 6.76. The monoisotopic (exact) mass is 859 g/mol. The van der Waals surface area contributed by atoms with Gasteiger partial charge < -0.3 is 19.9 Å². The lowest BCUT2D eigenvalue weighted by molar-refractivity contribution is 0.372. The molecule has 9 aromatic rings. The Morgan fingerprint density at radius 2 is 1.20 bits per heavy atom. The molecule has 1 atom stereocenters. The van der Waals surface area contributed by atoms with Crippen molar-refractivity contribution >= 4 is 109 Å². The Labute approximate surface area is 361 Å². The summed E-state index contributed by atoms with van der Waals surface area (Å²) in [7, 11) is 2.05. The molecule has 5 heterocycles. The number of hydrogen-bond acceptors (Lipinski definition) is 16. The van der Waals surface area contributed by atoms with E-state index in [0.29, 0.717) is 45.5 Å². The second-order valence-corrected chi connectivity index (χ2v) is 17.0. The van der Waals surface area contributed by atoms with E-state index >= 15 is 0 Å². The van der Waals surface area contributed by atoms with E-state index in [1.807, 2.05) is 104 Å². The van der Waals surface area contributed by atoms with Crippen molar-refractivity contribution in [3.05, 3.63) is 145 Å². The number of para-hydroxylation sites is 6. The lowest BCUT2D eigenvalue weighted by Gasteiger charge is -2.24. The van der Waals surface area contributed by atoms with Crippen LogP contribution >= 0.6 is 34.0 Å². The number of ether oxygens (including phenoxy) is 1. The molecule has 0 bridgehead atoms. The number of H-pyrrole nitrogens is 1.